The van der Waals surface area contributed by atoms with E-state index in [9.17, 15) is 0 Å². The summed E-state index contributed by atoms with van der Waals surface area (Å²) in [6, 6.07) is 4.45. The van der Waals surface area contributed by atoms with Crippen molar-refractivity contribution in [1.29, 1.82) is 0 Å². The van der Waals surface area contributed by atoms with Crippen LogP contribution in [-0.2, 0) is 13.0 Å². The summed E-state index contributed by atoms with van der Waals surface area (Å²) in [5.41, 5.74) is 0. The largest absolute Gasteiger partial charge is 0.396 e. The monoisotopic (exact) mass is 227 g/mol. The summed E-state index contributed by atoms with van der Waals surface area (Å²) in [7, 11) is 0. The highest BCUT2D eigenvalue weighted by Crippen LogP contribution is 2.18. The van der Waals surface area contributed by atoms with Crippen molar-refractivity contribution in [3.63, 3.8) is 0 Å². The van der Waals surface area contributed by atoms with Gasteiger partial charge in [-0.25, -0.2) is 0 Å². The molecule has 1 aromatic heterocycles. The van der Waals surface area contributed by atoms with Crippen LogP contribution in [0.4, 0.5) is 0 Å². The van der Waals surface area contributed by atoms with Gasteiger partial charge in [0.25, 0.3) is 0 Å². The zero-order valence-electron chi connectivity index (χ0n) is 9.70. The number of hydrogen-bond acceptors (Lipinski definition) is 3. The molecule has 1 N–H and O–H groups in total. The second kappa shape index (κ2) is 6.99. The smallest absolute Gasteiger partial charge is 0.0443 e. The summed E-state index contributed by atoms with van der Waals surface area (Å²) >= 11 is 1.91. The van der Waals surface area contributed by atoms with Crippen molar-refractivity contribution >= 4 is 11.3 Å². The van der Waals surface area contributed by atoms with Gasteiger partial charge in [0.2, 0.25) is 0 Å². The van der Waals surface area contributed by atoms with E-state index in [1.54, 1.807) is 0 Å². The molecule has 0 fully saturated rings. The molecule has 2 nitrogen and oxygen atoms in total. The molecule has 0 amide bonds. The van der Waals surface area contributed by atoms with Gasteiger partial charge in [-0.15, -0.1) is 11.3 Å². The summed E-state index contributed by atoms with van der Waals surface area (Å²) in [5.74, 6) is 0. The molecule has 3 heteroatoms. The van der Waals surface area contributed by atoms with Crippen LogP contribution in [0.2, 0.25) is 0 Å². The third-order valence-corrected chi connectivity index (χ3v) is 3.74. The Balaban J connectivity index is 2.43. The van der Waals surface area contributed by atoms with Crippen LogP contribution in [0.25, 0.3) is 0 Å². The van der Waals surface area contributed by atoms with E-state index in [2.05, 4.69) is 30.9 Å². The molecular formula is C12H21NOS. The summed E-state index contributed by atoms with van der Waals surface area (Å²) in [6.45, 7) is 7.73. The number of rotatable bonds is 7. The first kappa shape index (κ1) is 12.7. The van der Waals surface area contributed by atoms with Crippen LogP contribution in [0.1, 0.15) is 30.0 Å². The van der Waals surface area contributed by atoms with Crippen molar-refractivity contribution in [2.75, 3.05) is 19.7 Å². The zero-order valence-corrected chi connectivity index (χ0v) is 10.5. The maximum atomic E-state index is 8.79. The predicted molar refractivity (Wildman–Crippen MR) is 66.4 cm³/mol. The molecule has 86 valence electrons. The lowest BCUT2D eigenvalue weighted by molar-refractivity contribution is 0.226. The Kier molecular flexibility index (Phi) is 5.91. The fraction of sp³-hybridized carbons (Fsp3) is 0.667. The average Bonchev–Trinajstić information content (AvgIpc) is 2.71. The first-order valence-corrected chi connectivity index (χ1v) is 6.52. The molecule has 1 aromatic rings. The van der Waals surface area contributed by atoms with Crippen LogP contribution in [0.5, 0.6) is 0 Å². The lowest BCUT2D eigenvalue weighted by Crippen LogP contribution is -2.24. The maximum Gasteiger partial charge on any atom is 0.0443 e. The summed E-state index contributed by atoms with van der Waals surface area (Å²) in [6.07, 6.45) is 2.01. The van der Waals surface area contributed by atoms with Crippen LogP contribution in [0.15, 0.2) is 12.1 Å². The number of nitrogens with zero attached hydrogens (tertiary/aromatic N) is 1. The van der Waals surface area contributed by atoms with Gasteiger partial charge in [0.15, 0.2) is 0 Å². The highest BCUT2D eigenvalue weighted by Gasteiger charge is 2.05. The minimum atomic E-state index is 0.293. The Bertz CT molecular complexity index is 272. The fourth-order valence-electron chi connectivity index (χ4n) is 1.56. The Morgan fingerprint density at radius 1 is 1.27 bits per heavy atom. The number of aliphatic hydroxyl groups excluding tert-OH is 1. The van der Waals surface area contributed by atoms with Crippen LogP contribution in [0.3, 0.4) is 0 Å². The zero-order chi connectivity index (χ0) is 11.1. The molecule has 15 heavy (non-hydrogen) atoms. The predicted octanol–water partition coefficient (Wildman–Crippen LogP) is 2.51. The van der Waals surface area contributed by atoms with Gasteiger partial charge in [-0.1, -0.05) is 13.8 Å². The minimum Gasteiger partial charge on any atom is -0.396 e. The van der Waals surface area contributed by atoms with Crippen LogP contribution in [-0.4, -0.2) is 29.7 Å². The van der Waals surface area contributed by atoms with Crippen molar-refractivity contribution < 1.29 is 5.11 Å². The SMILES string of the molecule is CCc1ccc(CN(CC)CCCO)s1. The van der Waals surface area contributed by atoms with Crippen molar-refractivity contribution in [3.8, 4) is 0 Å². The van der Waals surface area contributed by atoms with E-state index in [0.717, 1.165) is 32.5 Å². The van der Waals surface area contributed by atoms with Gasteiger partial charge in [-0.05, 0) is 31.5 Å². The molecule has 0 radical (unpaired) electrons. The van der Waals surface area contributed by atoms with Crippen molar-refractivity contribution in [2.45, 2.75) is 33.2 Å². The third-order valence-electron chi connectivity index (χ3n) is 2.52. The Morgan fingerprint density at radius 2 is 2.00 bits per heavy atom. The first-order valence-electron chi connectivity index (χ1n) is 5.71. The molecular weight excluding hydrogens is 206 g/mol. The molecule has 0 bridgehead atoms. The van der Waals surface area contributed by atoms with E-state index in [1.165, 1.54) is 9.75 Å². The van der Waals surface area contributed by atoms with Gasteiger partial charge in [0, 0.05) is 29.5 Å². The van der Waals surface area contributed by atoms with Crippen molar-refractivity contribution in [2.24, 2.45) is 0 Å². The van der Waals surface area contributed by atoms with E-state index >= 15 is 0 Å². The van der Waals surface area contributed by atoms with E-state index in [0.29, 0.717) is 6.61 Å². The second-order valence-corrected chi connectivity index (χ2v) is 4.92. The second-order valence-electron chi connectivity index (χ2n) is 3.67. The standard InChI is InChI=1S/C12H21NOS/c1-3-11-6-7-12(15-11)10-13(4-2)8-5-9-14/h6-7,14H,3-5,8-10H2,1-2H3. The molecule has 1 heterocycles. The molecule has 0 spiro atoms. The molecule has 0 aliphatic rings. The first-order chi connectivity index (χ1) is 7.30. The molecule has 0 atom stereocenters. The Labute approximate surface area is 96.5 Å². The van der Waals surface area contributed by atoms with Crippen LogP contribution < -0.4 is 0 Å². The third kappa shape index (κ3) is 4.33. The summed E-state index contributed by atoms with van der Waals surface area (Å²) in [4.78, 5) is 5.27. The average molecular weight is 227 g/mol. The molecule has 0 aliphatic heterocycles. The minimum absolute atomic E-state index is 0.293. The van der Waals surface area contributed by atoms with E-state index in [-0.39, 0.29) is 0 Å². The highest BCUT2D eigenvalue weighted by molar-refractivity contribution is 7.11. The van der Waals surface area contributed by atoms with Crippen molar-refractivity contribution in [1.82, 2.24) is 4.90 Å². The van der Waals surface area contributed by atoms with Gasteiger partial charge in [-0.3, -0.25) is 4.90 Å². The van der Waals surface area contributed by atoms with Gasteiger partial charge in [-0.2, -0.15) is 0 Å². The van der Waals surface area contributed by atoms with Gasteiger partial charge in [0.05, 0.1) is 0 Å². The number of aryl methyl sites for hydroxylation is 1. The highest BCUT2D eigenvalue weighted by atomic mass is 32.1. The number of aliphatic hydroxyl groups is 1. The fourth-order valence-corrected chi connectivity index (χ4v) is 2.56. The van der Waals surface area contributed by atoms with Crippen LogP contribution in [0, 0.1) is 0 Å². The van der Waals surface area contributed by atoms with Gasteiger partial charge in [0.1, 0.15) is 0 Å². The van der Waals surface area contributed by atoms with Crippen LogP contribution >= 0.6 is 11.3 Å². The topological polar surface area (TPSA) is 23.5 Å². The summed E-state index contributed by atoms with van der Waals surface area (Å²) < 4.78 is 0. The quantitative estimate of drug-likeness (QED) is 0.773. The normalized spacial score (nSPS) is 11.2. The molecule has 0 saturated carbocycles. The Morgan fingerprint density at radius 3 is 2.53 bits per heavy atom. The lowest BCUT2D eigenvalue weighted by atomic mass is 10.3. The number of hydrogen-bond donors (Lipinski definition) is 1. The molecule has 0 aromatic carbocycles. The van der Waals surface area contributed by atoms with Gasteiger partial charge >= 0.3 is 0 Å². The maximum absolute atomic E-state index is 8.79. The Hall–Kier alpha value is -0.380. The molecule has 1 rings (SSSR count). The van der Waals surface area contributed by atoms with Crippen molar-refractivity contribution in [3.05, 3.63) is 21.9 Å². The van der Waals surface area contributed by atoms with E-state index < -0.39 is 0 Å². The number of thiophene rings is 1. The molecule has 0 aliphatic carbocycles. The van der Waals surface area contributed by atoms with E-state index in [4.69, 9.17) is 5.11 Å². The van der Waals surface area contributed by atoms with E-state index in [1.807, 2.05) is 11.3 Å². The molecule has 0 saturated heterocycles. The summed E-state index contributed by atoms with van der Waals surface area (Å²) in [5, 5.41) is 8.79. The lowest BCUT2D eigenvalue weighted by Gasteiger charge is -2.18. The van der Waals surface area contributed by atoms with Gasteiger partial charge < -0.3 is 5.11 Å². The molecule has 0 unspecified atom stereocenters.